The Kier molecular flexibility index (Phi) is 3.69. The Morgan fingerprint density at radius 2 is 2.60 bits per heavy atom. The fraction of sp³-hybridized carbons (Fsp3) is 0.700. The summed E-state index contributed by atoms with van der Waals surface area (Å²) in [5.41, 5.74) is 2.89. The van der Waals surface area contributed by atoms with Gasteiger partial charge in [-0.15, -0.1) is 11.3 Å². The molecule has 1 aromatic rings. The first-order valence-electron chi connectivity index (χ1n) is 5.27. The van der Waals surface area contributed by atoms with Gasteiger partial charge in [0.25, 0.3) is 0 Å². The molecule has 0 radical (unpaired) electrons. The number of thiazole rings is 1. The van der Waals surface area contributed by atoms with Gasteiger partial charge in [-0.25, -0.2) is 4.98 Å². The molecule has 0 spiro atoms. The van der Waals surface area contributed by atoms with E-state index >= 15 is 0 Å². The summed E-state index contributed by atoms with van der Waals surface area (Å²) in [6, 6.07) is 0.191. The van der Waals surface area contributed by atoms with Gasteiger partial charge in [0, 0.05) is 23.6 Å². The number of hydrogen-bond acceptors (Lipinski definition) is 5. The molecule has 1 saturated heterocycles. The van der Waals surface area contributed by atoms with Crippen molar-refractivity contribution in [2.24, 2.45) is 11.8 Å². The zero-order valence-corrected chi connectivity index (χ0v) is 9.72. The van der Waals surface area contributed by atoms with Crippen molar-refractivity contribution < 1.29 is 4.74 Å². The van der Waals surface area contributed by atoms with Gasteiger partial charge in [-0.05, 0) is 19.8 Å². The maximum atomic E-state index is 5.62. The highest BCUT2D eigenvalue weighted by Crippen LogP contribution is 2.31. The third kappa shape index (κ3) is 2.55. The SMILES string of the molecule is Cc1ncc(C(NN)C2CCCOC2)s1. The molecule has 0 aliphatic carbocycles. The predicted molar refractivity (Wildman–Crippen MR) is 60.5 cm³/mol. The zero-order chi connectivity index (χ0) is 10.7. The summed E-state index contributed by atoms with van der Waals surface area (Å²) >= 11 is 1.70. The highest BCUT2D eigenvalue weighted by Gasteiger charge is 2.25. The average molecular weight is 227 g/mol. The Bertz CT molecular complexity index is 309. The Balaban J connectivity index is 2.08. The van der Waals surface area contributed by atoms with E-state index in [1.54, 1.807) is 11.3 Å². The van der Waals surface area contributed by atoms with E-state index in [0.717, 1.165) is 24.6 Å². The van der Waals surface area contributed by atoms with E-state index in [0.29, 0.717) is 5.92 Å². The van der Waals surface area contributed by atoms with Crippen LogP contribution in [0.1, 0.15) is 28.8 Å². The van der Waals surface area contributed by atoms with Crippen LogP contribution in [0.4, 0.5) is 0 Å². The first-order valence-corrected chi connectivity index (χ1v) is 6.09. The number of nitrogens with one attached hydrogen (secondary N) is 1. The maximum Gasteiger partial charge on any atom is 0.0897 e. The third-order valence-corrected chi connectivity index (χ3v) is 3.79. The molecule has 0 saturated carbocycles. The van der Waals surface area contributed by atoms with Gasteiger partial charge in [0.1, 0.15) is 0 Å². The molecular weight excluding hydrogens is 210 g/mol. The topological polar surface area (TPSA) is 60.2 Å². The van der Waals surface area contributed by atoms with E-state index in [9.17, 15) is 0 Å². The van der Waals surface area contributed by atoms with Gasteiger partial charge in [-0.2, -0.15) is 0 Å². The quantitative estimate of drug-likeness (QED) is 0.605. The number of nitrogens with two attached hydrogens (primary N) is 1. The first-order chi connectivity index (χ1) is 7.31. The van der Waals surface area contributed by atoms with Gasteiger partial charge in [-0.1, -0.05) is 0 Å². The molecule has 1 aliphatic rings. The van der Waals surface area contributed by atoms with E-state index in [1.165, 1.54) is 11.3 Å². The molecule has 0 bridgehead atoms. The van der Waals surface area contributed by atoms with E-state index in [4.69, 9.17) is 10.6 Å². The Hall–Kier alpha value is -0.490. The molecule has 4 nitrogen and oxygen atoms in total. The van der Waals surface area contributed by atoms with Crippen molar-refractivity contribution in [1.82, 2.24) is 10.4 Å². The summed E-state index contributed by atoms with van der Waals surface area (Å²) < 4.78 is 5.48. The molecule has 2 unspecified atom stereocenters. The zero-order valence-electron chi connectivity index (χ0n) is 8.90. The van der Waals surface area contributed by atoms with Crippen molar-refractivity contribution in [2.45, 2.75) is 25.8 Å². The van der Waals surface area contributed by atoms with Gasteiger partial charge in [-0.3, -0.25) is 11.3 Å². The Morgan fingerprint density at radius 1 is 1.73 bits per heavy atom. The number of ether oxygens (including phenoxy) is 1. The lowest BCUT2D eigenvalue weighted by Crippen LogP contribution is -2.36. The summed E-state index contributed by atoms with van der Waals surface area (Å²) in [4.78, 5) is 5.48. The number of rotatable bonds is 3. The fourth-order valence-electron chi connectivity index (χ4n) is 2.00. The van der Waals surface area contributed by atoms with Crippen LogP contribution in [0.2, 0.25) is 0 Å². The van der Waals surface area contributed by atoms with Crippen molar-refractivity contribution in [3.8, 4) is 0 Å². The van der Waals surface area contributed by atoms with Crippen molar-refractivity contribution in [1.29, 1.82) is 0 Å². The highest BCUT2D eigenvalue weighted by molar-refractivity contribution is 7.11. The normalized spacial score (nSPS) is 24.0. The molecule has 3 N–H and O–H groups in total. The van der Waals surface area contributed by atoms with Crippen LogP contribution in [0.5, 0.6) is 0 Å². The highest BCUT2D eigenvalue weighted by atomic mass is 32.1. The second-order valence-corrected chi connectivity index (χ2v) is 5.17. The van der Waals surface area contributed by atoms with Crippen LogP contribution in [0, 0.1) is 12.8 Å². The van der Waals surface area contributed by atoms with Crippen LogP contribution in [-0.2, 0) is 4.74 Å². The summed E-state index contributed by atoms with van der Waals surface area (Å²) in [6.07, 6.45) is 4.21. The minimum Gasteiger partial charge on any atom is -0.381 e. The van der Waals surface area contributed by atoms with E-state index < -0.39 is 0 Å². The lowest BCUT2D eigenvalue weighted by molar-refractivity contribution is 0.0395. The molecule has 5 heteroatoms. The molecule has 1 aromatic heterocycles. The molecule has 1 fully saturated rings. The Labute approximate surface area is 93.8 Å². The second kappa shape index (κ2) is 5.03. The van der Waals surface area contributed by atoms with Crippen LogP contribution in [0.15, 0.2) is 6.20 Å². The Morgan fingerprint density at radius 3 is 3.13 bits per heavy atom. The van der Waals surface area contributed by atoms with Gasteiger partial charge >= 0.3 is 0 Å². The van der Waals surface area contributed by atoms with Crippen LogP contribution in [0.3, 0.4) is 0 Å². The van der Waals surface area contributed by atoms with Crippen LogP contribution < -0.4 is 11.3 Å². The molecular formula is C10H17N3OS. The molecule has 15 heavy (non-hydrogen) atoms. The number of hydrogen-bond donors (Lipinski definition) is 2. The largest absolute Gasteiger partial charge is 0.381 e. The van der Waals surface area contributed by atoms with Crippen molar-refractivity contribution >= 4 is 11.3 Å². The van der Waals surface area contributed by atoms with Crippen LogP contribution in [0.25, 0.3) is 0 Å². The molecule has 1 aliphatic heterocycles. The molecule has 2 heterocycles. The summed E-state index contributed by atoms with van der Waals surface area (Å²) in [6.45, 7) is 3.69. The number of aromatic nitrogens is 1. The molecule has 2 rings (SSSR count). The maximum absolute atomic E-state index is 5.62. The second-order valence-electron chi connectivity index (χ2n) is 3.90. The van der Waals surface area contributed by atoms with Gasteiger partial charge in [0.15, 0.2) is 0 Å². The number of aryl methyl sites for hydroxylation is 1. The summed E-state index contributed by atoms with van der Waals surface area (Å²) in [5, 5.41) is 1.09. The summed E-state index contributed by atoms with van der Waals surface area (Å²) in [5.74, 6) is 6.09. The minimum atomic E-state index is 0.191. The van der Waals surface area contributed by atoms with Gasteiger partial charge < -0.3 is 4.74 Å². The van der Waals surface area contributed by atoms with E-state index in [1.807, 2.05) is 13.1 Å². The van der Waals surface area contributed by atoms with E-state index in [-0.39, 0.29) is 6.04 Å². The number of hydrazine groups is 1. The van der Waals surface area contributed by atoms with Crippen molar-refractivity contribution in [3.63, 3.8) is 0 Å². The molecule has 84 valence electrons. The van der Waals surface area contributed by atoms with E-state index in [2.05, 4.69) is 10.4 Å². The smallest absolute Gasteiger partial charge is 0.0897 e. The third-order valence-electron chi connectivity index (χ3n) is 2.79. The number of nitrogens with zero attached hydrogens (tertiary/aromatic N) is 1. The van der Waals surface area contributed by atoms with Crippen LogP contribution in [-0.4, -0.2) is 18.2 Å². The summed E-state index contributed by atoms with van der Waals surface area (Å²) in [7, 11) is 0. The fourth-order valence-corrected chi connectivity index (χ4v) is 2.94. The first kappa shape index (κ1) is 11.0. The molecule has 2 atom stereocenters. The van der Waals surface area contributed by atoms with Gasteiger partial charge in [0.2, 0.25) is 0 Å². The standard InChI is InChI=1S/C10H17N3OS/c1-7-12-5-9(15-7)10(13-11)8-3-2-4-14-6-8/h5,8,10,13H,2-4,6,11H2,1H3. The van der Waals surface area contributed by atoms with Crippen LogP contribution >= 0.6 is 11.3 Å². The lowest BCUT2D eigenvalue weighted by Gasteiger charge is -2.28. The monoisotopic (exact) mass is 227 g/mol. The van der Waals surface area contributed by atoms with Gasteiger partial charge in [0.05, 0.1) is 17.7 Å². The average Bonchev–Trinajstić information content (AvgIpc) is 2.68. The minimum absolute atomic E-state index is 0.191. The lowest BCUT2D eigenvalue weighted by atomic mass is 9.93. The molecule has 0 aromatic carbocycles. The van der Waals surface area contributed by atoms with Crippen molar-refractivity contribution in [2.75, 3.05) is 13.2 Å². The molecule has 0 amide bonds. The van der Waals surface area contributed by atoms with Crippen molar-refractivity contribution in [3.05, 3.63) is 16.1 Å². The predicted octanol–water partition coefficient (Wildman–Crippen LogP) is 1.38.